The van der Waals surface area contributed by atoms with Gasteiger partial charge >= 0.3 is 6.09 Å². The first-order valence-corrected chi connectivity index (χ1v) is 11.0. The zero-order valence-corrected chi connectivity index (χ0v) is 18.2. The third-order valence-electron chi connectivity index (χ3n) is 5.06. The molecule has 1 saturated heterocycles. The molecule has 3 rings (SSSR count). The first-order valence-electron chi connectivity index (χ1n) is 10.2. The summed E-state index contributed by atoms with van der Waals surface area (Å²) in [7, 11) is 0. The van der Waals surface area contributed by atoms with E-state index in [1.165, 1.54) is 11.3 Å². The van der Waals surface area contributed by atoms with Crippen molar-refractivity contribution in [3.63, 3.8) is 0 Å². The number of aromatic nitrogens is 1. The molecule has 10 heteroatoms. The minimum Gasteiger partial charge on any atom is -0.436 e. The Kier molecular flexibility index (Phi) is 7.21. The number of nitrogens with one attached hydrogen (secondary N) is 2. The second kappa shape index (κ2) is 9.86. The van der Waals surface area contributed by atoms with Crippen LogP contribution in [0.5, 0.6) is 0 Å². The Morgan fingerprint density at radius 2 is 2.06 bits per heavy atom. The molecule has 1 aliphatic heterocycles. The third kappa shape index (κ3) is 5.78. The van der Waals surface area contributed by atoms with Gasteiger partial charge in [-0.15, -0.1) is 11.3 Å². The van der Waals surface area contributed by atoms with Crippen molar-refractivity contribution in [2.24, 2.45) is 17.6 Å². The number of fused-ring (bicyclic) bond motifs is 1. The average molecular weight is 447 g/mol. The maximum atomic E-state index is 13.3. The number of nitrogens with zero attached hydrogens (tertiary/aromatic N) is 1. The molecule has 31 heavy (non-hydrogen) atoms. The lowest BCUT2D eigenvalue weighted by atomic mass is 9.95. The average Bonchev–Trinajstić information content (AvgIpc) is 3.31. The van der Waals surface area contributed by atoms with E-state index in [1.54, 1.807) is 6.07 Å². The SMILES string of the molecule is CC(C)CC(OC(N)=O)C(=O)NC(CC1CCNC1=O)C(=O)c1nc2ccccc2s1. The van der Waals surface area contributed by atoms with Gasteiger partial charge in [-0.3, -0.25) is 14.4 Å². The van der Waals surface area contributed by atoms with E-state index in [9.17, 15) is 19.2 Å². The molecule has 3 amide bonds. The second-order valence-electron chi connectivity index (χ2n) is 7.98. The minimum absolute atomic E-state index is 0.0501. The van der Waals surface area contributed by atoms with Crippen molar-refractivity contribution in [2.75, 3.05) is 6.54 Å². The molecule has 9 nitrogen and oxygen atoms in total. The van der Waals surface area contributed by atoms with Gasteiger partial charge in [0.25, 0.3) is 5.91 Å². The number of rotatable bonds is 9. The Morgan fingerprint density at radius 1 is 1.32 bits per heavy atom. The number of Topliss-reactive ketones (excluding diaryl/α,β-unsaturated/α-hetero) is 1. The topological polar surface area (TPSA) is 140 Å². The van der Waals surface area contributed by atoms with Crippen LogP contribution >= 0.6 is 11.3 Å². The summed E-state index contributed by atoms with van der Waals surface area (Å²) in [5, 5.41) is 5.68. The van der Waals surface area contributed by atoms with Gasteiger partial charge in [0, 0.05) is 12.5 Å². The van der Waals surface area contributed by atoms with E-state index in [2.05, 4.69) is 15.6 Å². The molecule has 1 aromatic heterocycles. The van der Waals surface area contributed by atoms with Gasteiger partial charge < -0.3 is 21.1 Å². The number of primary amides is 1. The highest BCUT2D eigenvalue weighted by Crippen LogP contribution is 2.25. The van der Waals surface area contributed by atoms with Gasteiger partial charge in [-0.1, -0.05) is 26.0 Å². The van der Waals surface area contributed by atoms with Crippen molar-refractivity contribution >= 4 is 45.2 Å². The molecular formula is C21H26N4O5S. The van der Waals surface area contributed by atoms with Gasteiger partial charge in [-0.05, 0) is 37.3 Å². The smallest absolute Gasteiger partial charge is 0.405 e. The molecule has 0 bridgehead atoms. The van der Waals surface area contributed by atoms with Crippen LogP contribution in [0.2, 0.25) is 0 Å². The Morgan fingerprint density at radius 3 is 2.68 bits per heavy atom. The van der Waals surface area contributed by atoms with Crippen LogP contribution in [0.3, 0.4) is 0 Å². The number of amides is 3. The summed E-state index contributed by atoms with van der Waals surface area (Å²) in [5.41, 5.74) is 5.80. The Labute approximate surface area is 183 Å². The first kappa shape index (κ1) is 22.7. The molecule has 2 heterocycles. The van der Waals surface area contributed by atoms with Gasteiger partial charge in [0.1, 0.15) is 0 Å². The molecule has 2 aromatic rings. The van der Waals surface area contributed by atoms with Crippen LogP contribution in [-0.4, -0.2) is 47.4 Å². The van der Waals surface area contributed by atoms with Gasteiger partial charge in [0.05, 0.1) is 16.3 Å². The first-order chi connectivity index (χ1) is 14.7. The Bertz CT molecular complexity index is 956. The van der Waals surface area contributed by atoms with Crippen molar-refractivity contribution in [3.05, 3.63) is 29.3 Å². The number of nitrogens with two attached hydrogens (primary N) is 1. The summed E-state index contributed by atoms with van der Waals surface area (Å²) in [6.45, 7) is 4.27. The van der Waals surface area contributed by atoms with Gasteiger partial charge in [-0.25, -0.2) is 9.78 Å². The lowest BCUT2D eigenvalue weighted by molar-refractivity contribution is -0.131. The van der Waals surface area contributed by atoms with Crippen LogP contribution in [0.4, 0.5) is 4.79 Å². The summed E-state index contributed by atoms with van der Waals surface area (Å²) in [4.78, 5) is 53.9. The Balaban J connectivity index is 1.84. The molecule has 166 valence electrons. The highest BCUT2D eigenvalue weighted by Gasteiger charge is 2.35. The summed E-state index contributed by atoms with van der Waals surface area (Å²) in [6.07, 6.45) is -1.23. The highest BCUT2D eigenvalue weighted by molar-refractivity contribution is 7.20. The highest BCUT2D eigenvalue weighted by atomic mass is 32.1. The van der Waals surface area contributed by atoms with E-state index in [0.717, 1.165) is 4.70 Å². The number of benzene rings is 1. The fourth-order valence-corrected chi connectivity index (χ4v) is 4.51. The molecule has 1 aromatic carbocycles. The molecule has 0 aliphatic carbocycles. The predicted octanol–water partition coefficient (Wildman–Crippen LogP) is 2.00. The number of ether oxygens (including phenoxy) is 1. The van der Waals surface area contributed by atoms with Crippen LogP contribution < -0.4 is 16.4 Å². The maximum Gasteiger partial charge on any atom is 0.405 e. The van der Waals surface area contributed by atoms with Gasteiger partial charge in [0.15, 0.2) is 11.1 Å². The van der Waals surface area contributed by atoms with Crippen molar-refractivity contribution in [1.82, 2.24) is 15.6 Å². The second-order valence-corrected chi connectivity index (χ2v) is 9.01. The van der Waals surface area contributed by atoms with Crippen molar-refractivity contribution in [3.8, 4) is 0 Å². The minimum atomic E-state index is -1.12. The molecule has 4 N–H and O–H groups in total. The molecule has 3 atom stereocenters. The molecule has 1 fully saturated rings. The van der Waals surface area contributed by atoms with Gasteiger partial charge in [0.2, 0.25) is 11.7 Å². The molecule has 1 aliphatic rings. The molecular weight excluding hydrogens is 420 g/mol. The normalized spacial score (nSPS) is 17.9. The van der Waals surface area contributed by atoms with Crippen LogP contribution in [0.25, 0.3) is 10.2 Å². The summed E-state index contributed by atoms with van der Waals surface area (Å²) < 4.78 is 5.82. The van der Waals surface area contributed by atoms with Crippen molar-refractivity contribution < 1.29 is 23.9 Å². The fourth-order valence-electron chi connectivity index (χ4n) is 3.55. The number of ketones is 1. The van der Waals surface area contributed by atoms with Crippen molar-refractivity contribution in [1.29, 1.82) is 0 Å². The number of hydrogen-bond donors (Lipinski definition) is 3. The molecule has 0 spiro atoms. The summed E-state index contributed by atoms with van der Waals surface area (Å²) >= 11 is 1.23. The van der Waals surface area contributed by atoms with Crippen LogP contribution in [0.1, 0.15) is 42.9 Å². The lowest BCUT2D eigenvalue weighted by Gasteiger charge is -2.23. The molecule has 0 saturated carbocycles. The number of carbonyl (C=O) groups excluding carboxylic acids is 4. The lowest BCUT2D eigenvalue weighted by Crippen LogP contribution is -2.48. The van der Waals surface area contributed by atoms with E-state index >= 15 is 0 Å². The summed E-state index contributed by atoms with van der Waals surface area (Å²) in [5.74, 6) is -1.50. The maximum absolute atomic E-state index is 13.3. The van der Waals surface area contributed by atoms with E-state index in [1.807, 2.05) is 32.0 Å². The van der Waals surface area contributed by atoms with Crippen molar-refractivity contribution in [2.45, 2.75) is 45.3 Å². The molecule has 0 radical (unpaired) electrons. The summed E-state index contributed by atoms with van der Waals surface area (Å²) in [6, 6.07) is 6.37. The fraction of sp³-hybridized carbons (Fsp3) is 0.476. The van der Waals surface area contributed by atoms with Crippen LogP contribution in [0.15, 0.2) is 24.3 Å². The third-order valence-corrected chi connectivity index (χ3v) is 6.11. The largest absolute Gasteiger partial charge is 0.436 e. The number of carbonyl (C=O) groups is 4. The quantitative estimate of drug-likeness (QED) is 0.503. The molecule has 3 unspecified atom stereocenters. The monoisotopic (exact) mass is 446 g/mol. The predicted molar refractivity (Wildman–Crippen MR) is 116 cm³/mol. The van der Waals surface area contributed by atoms with E-state index in [-0.39, 0.29) is 35.5 Å². The standard InChI is InChI=1S/C21H26N4O5S/c1-11(2)9-15(30-21(22)29)19(28)24-14(10-12-7-8-23-18(12)27)17(26)20-25-13-5-3-4-6-16(13)31-20/h3-6,11-12,14-15H,7-10H2,1-2H3,(H2,22,29)(H,23,27)(H,24,28). The zero-order chi connectivity index (χ0) is 22.5. The number of para-hydroxylation sites is 1. The van der Waals surface area contributed by atoms with E-state index in [0.29, 0.717) is 18.5 Å². The number of hydrogen-bond acceptors (Lipinski definition) is 7. The van der Waals surface area contributed by atoms with Crippen LogP contribution in [0, 0.1) is 11.8 Å². The van der Waals surface area contributed by atoms with E-state index in [4.69, 9.17) is 10.5 Å². The van der Waals surface area contributed by atoms with E-state index < -0.39 is 30.1 Å². The number of thiazole rings is 1. The Hall–Kier alpha value is -3.01. The van der Waals surface area contributed by atoms with Crippen LogP contribution in [-0.2, 0) is 14.3 Å². The van der Waals surface area contributed by atoms with Gasteiger partial charge in [-0.2, -0.15) is 0 Å². The zero-order valence-electron chi connectivity index (χ0n) is 17.4.